The van der Waals surface area contributed by atoms with E-state index in [2.05, 4.69) is 30.2 Å². The summed E-state index contributed by atoms with van der Waals surface area (Å²) in [6.45, 7) is 3.00. The van der Waals surface area contributed by atoms with Crippen molar-refractivity contribution in [3.05, 3.63) is 46.6 Å². The predicted octanol–water partition coefficient (Wildman–Crippen LogP) is 3.38. The first-order valence-corrected chi connectivity index (χ1v) is 8.89. The molecular weight excluding hydrogens is 320 g/mol. The number of ether oxygens (including phenoxy) is 1. The number of nitrogens with two attached hydrogens (primary N) is 1. The number of methoxy groups -OCH3 is 1. The van der Waals surface area contributed by atoms with Gasteiger partial charge in [-0.3, -0.25) is 4.68 Å². The minimum atomic E-state index is 0.550. The number of nitrogens with zero attached hydrogens (tertiary/aromatic N) is 3. The van der Waals surface area contributed by atoms with Crippen LogP contribution in [-0.2, 0) is 19.4 Å². The van der Waals surface area contributed by atoms with Crippen LogP contribution in [0.15, 0.2) is 30.5 Å². The van der Waals surface area contributed by atoms with Gasteiger partial charge in [-0.05, 0) is 36.5 Å². The summed E-state index contributed by atoms with van der Waals surface area (Å²) in [5, 5.41) is 5.46. The van der Waals surface area contributed by atoms with Gasteiger partial charge in [0.2, 0.25) is 0 Å². The second kappa shape index (κ2) is 5.94. The third kappa shape index (κ3) is 2.78. The van der Waals surface area contributed by atoms with E-state index in [0.717, 1.165) is 42.1 Å². The lowest BCUT2D eigenvalue weighted by molar-refractivity contribution is 0.414. The Labute approximate surface area is 145 Å². The average molecular weight is 340 g/mol. The molecule has 2 heterocycles. The van der Waals surface area contributed by atoms with E-state index < -0.39 is 0 Å². The molecule has 0 saturated carbocycles. The van der Waals surface area contributed by atoms with Gasteiger partial charge in [0.1, 0.15) is 5.75 Å². The first-order valence-electron chi connectivity index (χ1n) is 8.07. The van der Waals surface area contributed by atoms with Gasteiger partial charge in [-0.2, -0.15) is 5.10 Å². The van der Waals surface area contributed by atoms with E-state index in [9.17, 15) is 0 Å². The molecule has 6 heteroatoms. The van der Waals surface area contributed by atoms with Gasteiger partial charge in [-0.1, -0.05) is 19.1 Å². The molecule has 0 aliphatic heterocycles. The number of hydrogen-bond donors (Lipinski definition) is 1. The Morgan fingerprint density at radius 1 is 1.29 bits per heavy atom. The summed E-state index contributed by atoms with van der Waals surface area (Å²) < 4.78 is 7.22. The molecule has 0 bridgehead atoms. The number of anilines is 1. The molecule has 0 spiro atoms. The highest BCUT2D eigenvalue weighted by atomic mass is 32.1. The number of aromatic nitrogens is 3. The monoisotopic (exact) mass is 340 g/mol. The molecule has 0 fully saturated rings. The molecule has 0 saturated heterocycles. The standard InChI is InChI=1S/C18H20N4OS/c1-11-7-15-14(17-16(8-11)24-18(19)20-17)10-22(21-15)9-12-3-5-13(23-2)6-4-12/h3-6,10-11H,7-9H2,1-2H3,(H2,19,20). The summed E-state index contributed by atoms with van der Waals surface area (Å²) in [5.41, 5.74) is 10.4. The van der Waals surface area contributed by atoms with Gasteiger partial charge in [0, 0.05) is 16.6 Å². The molecular formula is C18H20N4OS. The van der Waals surface area contributed by atoms with Crippen molar-refractivity contribution in [1.82, 2.24) is 14.8 Å². The maximum Gasteiger partial charge on any atom is 0.180 e. The lowest BCUT2D eigenvalue weighted by Crippen LogP contribution is -2.05. The molecule has 1 aliphatic carbocycles. The summed E-state index contributed by atoms with van der Waals surface area (Å²) in [5.74, 6) is 1.42. The van der Waals surface area contributed by atoms with E-state index in [-0.39, 0.29) is 0 Å². The van der Waals surface area contributed by atoms with Crippen molar-refractivity contribution >= 4 is 16.5 Å². The van der Waals surface area contributed by atoms with Crippen LogP contribution in [0.5, 0.6) is 5.75 Å². The third-order valence-electron chi connectivity index (χ3n) is 4.39. The number of thiazole rings is 1. The summed E-state index contributed by atoms with van der Waals surface area (Å²) in [4.78, 5) is 5.84. The van der Waals surface area contributed by atoms with Gasteiger partial charge in [-0.25, -0.2) is 4.98 Å². The first kappa shape index (κ1) is 15.2. The zero-order valence-corrected chi connectivity index (χ0v) is 14.6. The lowest BCUT2D eigenvalue weighted by atomic mass is 10.0. The minimum absolute atomic E-state index is 0.550. The second-order valence-corrected chi connectivity index (χ2v) is 7.49. The Morgan fingerprint density at radius 3 is 2.83 bits per heavy atom. The molecule has 1 aromatic carbocycles. The Bertz CT molecular complexity index is 866. The Morgan fingerprint density at radius 2 is 2.08 bits per heavy atom. The fourth-order valence-electron chi connectivity index (χ4n) is 3.25. The highest BCUT2D eigenvalue weighted by Crippen LogP contribution is 2.37. The molecule has 24 heavy (non-hydrogen) atoms. The highest BCUT2D eigenvalue weighted by Gasteiger charge is 2.25. The van der Waals surface area contributed by atoms with Crippen LogP contribution < -0.4 is 10.5 Å². The van der Waals surface area contributed by atoms with E-state index in [1.807, 2.05) is 16.8 Å². The van der Waals surface area contributed by atoms with Crippen molar-refractivity contribution in [2.24, 2.45) is 5.92 Å². The predicted molar refractivity (Wildman–Crippen MR) is 96.4 cm³/mol. The van der Waals surface area contributed by atoms with E-state index in [0.29, 0.717) is 11.0 Å². The summed E-state index contributed by atoms with van der Waals surface area (Å²) in [6, 6.07) is 8.09. The molecule has 4 rings (SSSR count). The molecule has 1 unspecified atom stereocenters. The molecule has 124 valence electrons. The fourth-order valence-corrected chi connectivity index (χ4v) is 4.26. The maximum atomic E-state index is 5.94. The quantitative estimate of drug-likeness (QED) is 0.794. The molecule has 0 radical (unpaired) electrons. The zero-order chi connectivity index (χ0) is 16.7. The first-order chi connectivity index (χ1) is 11.6. The number of fused-ring (bicyclic) bond motifs is 3. The average Bonchev–Trinajstić information content (AvgIpc) is 3.08. The van der Waals surface area contributed by atoms with Gasteiger partial charge in [0.15, 0.2) is 5.13 Å². The Balaban J connectivity index is 1.68. The van der Waals surface area contributed by atoms with Crippen molar-refractivity contribution in [2.75, 3.05) is 12.8 Å². The summed E-state index contributed by atoms with van der Waals surface area (Å²) >= 11 is 1.60. The van der Waals surface area contributed by atoms with Crippen LogP contribution >= 0.6 is 11.3 Å². The smallest absolute Gasteiger partial charge is 0.180 e. The van der Waals surface area contributed by atoms with Gasteiger partial charge < -0.3 is 10.5 Å². The zero-order valence-electron chi connectivity index (χ0n) is 13.8. The van der Waals surface area contributed by atoms with Crippen LogP contribution in [0.4, 0.5) is 5.13 Å². The molecule has 1 aliphatic rings. The van der Waals surface area contributed by atoms with Crippen molar-refractivity contribution < 1.29 is 4.74 Å². The van der Waals surface area contributed by atoms with Crippen LogP contribution in [-0.4, -0.2) is 21.9 Å². The molecule has 5 nitrogen and oxygen atoms in total. The van der Waals surface area contributed by atoms with Crippen LogP contribution in [0, 0.1) is 5.92 Å². The lowest BCUT2D eigenvalue weighted by Gasteiger charge is -2.06. The largest absolute Gasteiger partial charge is 0.497 e. The number of benzene rings is 1. The molecule has 2 aromatic heterocycles. The number of hydrogen-bond acceptors (Lipinski definition) is 5. The molecule has 0 amide bonds. The minimum Gasteiger partial charge on any atom is -0.497 e. The van der Waals surface area contributed by atoms with Crippen molar-refractivity contribution in [1.29, 1.82) is 0 Å². The summed E-state index contributed by atoms with van der Waals surface area (Å²) in [6.07, 6.45) is 4.11. The van der Waals surface area contributed by atoms with Gasteiger partial charge in [0.25, 0.3) is 0 Å². The number of nitrogen functional groups attached to an aromatic ring is 1. The van der Waals surface area contributed by atoms with Crippen LogP contribution in [0.25, 0.3) is 11.3 Å². The van der Waals surface area contributed by atoms with Crippen molar-refractivity contribution in [2.45, 2.75) is 26.3 Å². The van der Waals surface area contributed by atoms with Crippen LogP contribution in [0.3, 0.4) is 0 Å². The Kier molecular flexibility index (Phi) is 3.76. The van der Waals surface area contributed by atoms with Gasteiger partial charge in [-0.15, -0.1) is 11.3 Å². The van der Waals surface area contributed by atoms with E-state index in [4.69, 9.17) is 15.6 Å². The molecule has 2 N–H and O–H groups in total. The normalized spacial score (nSPS) is 16.3. The summed E-state index contributed by atoms with van der Waals surface area (Å²) in [7, 11) is 1.68. The fraction of sp³-hybridized carbons (Fsp3) is 0.333. The van der Waals surface area contributed by atoms with Gasteiger partial charge >= 0.3 is 0 Å². The van der Waals surface area contributed by atoms with Crippen LogP contribution in [0.2, 0.25) is 0 Å². The van der Waals surface area contributed by atoms with E-state index in [1.165, 1.54) is 10.4 Å². The second-order valence-electron chi connectivity index (χ2n) is 6.37. The topological polar surface area (TPSA) is 66.0 Å². The highest BCUT2D eigenvalue weighted by molar-refractivity contribution is 7.15. The van der Waals surface area contributed by atoms with E-state index >= 15 is 0 Å². The SMILES string of the molecule is COc1ccc(Cn2cc3c(n2)CC(C)Cc2sc(N)nc2-3)cc1. The molecule has 1 atom stereocenters. The van der Waals surface area contributed by atoms with Crippen molar-refractivity contribution in [3.8, 4) is 17.0 Å². The van der Waals surface area contributed by atoms with E-state index in [1.54, 1.807) is 18.4 Å². The Hall–Kier alpha value is -2.34. The van der Waals surface area contributed by atoms with Crippen molar-refractivity contribution in [3.63, 3.8) is 0 Å². The third-order valence-corrected chi connectivity index (χ3v) is 5.29. The maximum absolute atomic E-state index is 5.94. The molecule has 3 aromatic rings. The number of rotatable bonds is 3. The van der Waals surface area contributed by atoms with Crippen LogP contribution in [0.1, 0.15) is 23.1 Å². The van der Waals surface area contributed by atoms with Gasteiger partial charge in [0.05, 0.1) is 25.0 Å².